The number of thiophene rings is 1. The Labute approximate surface area is 165 Å². The van der Waals surface area contributed by atoms with E-state index in [0.717, 1.165) is 4.88 Å². The molecule has 3 aromatic rings. The van der Waals surface area contributed by atoms with Crippen LogP contribution in [-0.4, -0.2) is 38.6 Å². The van der Waals surface area contributed by atoms with E-state index in [1.807, 2.05) is 16.2 Å². The fraction of sp³-hybridized carbons (Fsp3) is 0.118. The summed E-state index contributed by atoms with van der Waals surface area (Å²) in [4.78, 5) is 20.8. The smallest absolute Gasteiger partial charge is 0.335 e. The van der Waals surface area contributed by atoms with Gasteiger partial charge in [-0.1, -0.05) is 24.3 Å². The Morgan fingerprint density at radius 3 is 2.32 bits per heavy atom. The second-order valence-electron chi connectivity index (χ2n) is 5.31. The van der Waals surface area contributed by atoms with Crippen molar-refractivity contribution in [1.82, 2.24) is 14.7 Å². The molecule has 0 fully saturated rings. The summed E-state index contributed by atoms with van der Waals surface area (Å²) in [6.07, 6.45) is 0. The highest BCUT2D eigenvalue weighted by Gasteiger charge is 2.22. The molecule has 0 saturated carbocycles. The Hall–Kier alpha value is -3.18. The van der Waals surface area contributed by atoms with Crippen LogP contribution in [0.25, 0.3) is 10.4 Å². The number of nitrogens with one attached hydrogen (secondary N) is 2. The Morgan fingerprint density at radius 1 is 1.04 bits per heavy atom. The van der Waals surface area contributed by atoms with Crippen molar-refractivity contribution >= 4 is 33.3 Å². The Balaban J connectivity index is 1.83. The summed E-state index contributed by atoms with van der Waals surface area (Å²) in [5, 5.41) is 4.10. The third kappa shape index (κ3) is 4.38. The topological polar surface area (TPSA) is 120 Å². The fourth-order valence-electron chi connectivity index (χ4n) is 2.31. The zero-order chi connectivity index (χ0) is 20.1. The lowest BCUT2D eigenvalue weighted by Gasteiger charge is -2.11. The standard InChI is InChI=1S/C17H16N4O5S2/c1-25-14-10-15(26-2)19-16(18-14)20-17(22)21-28(23,24)13-8-4-3-6-11(13)12-7-5-9-27-12/h3-10H,1-2H3,(H2,18,19,20,21,22). The van der Waals surface area contributed by atoms with Crippen LogP contribution in [0.1, 0.15) is 0 Å². The van der Waals surface area contributed by atoms with E-state index in [2.05, 4.69) is 15.3 Å². The average molecular weight is 420 g/mol. The number of urea groups is 1. The molecule has 0 aliphatic carbocycles. The molecule has 0 aliphatic rings. The summed E-state index contributed by atoms with van der Waals surface area (Å²) < 4.78 is 37.4. The van der Waals surface area contributed by atoms with Crippen molar-refractivity contribution in [3.05, 3.63) is 47.8 Å². The lowest BCUT2D eigenvalue weighted by atomic mass is 10.2. The van der Waals surface area contributed by atoms with Gasteiger partial charge in [0.15, 0.2) is 0 Å². The maximum Gasteiger partial charge on any atom is 0.335 e. The normalized spacial score (nSPS) is 10.9. The molecule has 1 aromatic carbocycles. The second kappa shape index (κ2) is 8.23. The highest BCUT2D eigenvalue weighted by Crippen LogP contribution is 2.30. The monoisotopic (exact) mass is 420 g/mol. The van der Waals surface area contributed by atoms with Crippen molar-refractivity contribution in [2.45, 2.75) is 4.90 Å². The molecule has 0 unspecified atom stereocenters. The summed E-state index contributed by atoms with van der Waals surface area (Å²) in [5.41, 5.74) is 0.497. The third-order valence-corrected chi connectivity index (χ3v) is 5.81. The van der Waals surface area contributed by atoms with Crippen LogP contribution in [0, 0.1) is 0 Å². The van der Waals surface area contributed by atoms with Gasteiger partial charge in [0.05, 0.1) is 25.2 Å². The number of sulfonamides is 1. The first-order valence-electron chi connectivity index (χ1n) is 7.86. The molecule has 0 aliphatic heterocycles. The predicted molar refractivity (Wildman–Crippen MR) is 104 cm³/mol. The van der Waals surface area contributed by atoms with Gasteiger partial charge in [0, 0.05) is 10.4 Å². The second-order valence-corrected chi connectivity index (χ2v) is 7.91. The van der Waals surface area contributed by atoms with Crippen LogP contribution < -0.4 is 19.5 Å². The van der Waals surface area contributed by atoms with E-state index in [9.17, 15) is 13.2 Å². The number of hydrogen-bond acceptors (Lipinski definition) is 8. The van der Waals surface area contributed by atoms with Crippen LogP contribution in [0.4, 0.5) is 10.7 Å². The number of nitrogens with zero attached hydrogens (tertiary/aromatic N) is 2. The van der Waals surface area contributed by atoms with Crippen molar-refractivity contribution in [1.29, 1.82) is 0 Å². The summed E-state index contributed by atoms with van der Waals surface area (Å²) in [7, 11) is -1.37. The van der Waals surface area contributed by atoms with Crippen LogP contribution in [0.2, 0.25) is 0 Å². The first-order chi connectivity index (χ1) is 13.4. The van der Waals surface area contributed by atoms with Gasteiger partial charge in [-0.15, -0.1) is 11.3 Å². The van der Waals surface area contributed by atoms with Crippen molar-refractivity contribution in [2.75, 3.05) is 19.5 Å². The fourth-order valence-corrected chi connectivity index (χ4v) is 4.27. The average Bonchev–Trinajstić information content (AvgIpc) is 3.21. The van der Waals surface area contributed by atoms with Crippen LogP contribution in [0.3, 0.4) is 0 Å². The molecule has 2 aromatic heterocycles. The molecular formula is C17H16N4O5S2. The summed E-state index contributed by atoms with van der Waals surface area (Å²) in [6, 6.07) is 10.4. The number of carbonyl (C=O) groups is 1. The quantitative estimate of drug-likeness (QED) is 0.629. The van der Waals surface area contributed by atoms with Gasteiger partial charge in [0.25, 0.3) is 10.0 Å². The van der Waals surface area contributed by atoms with Gasteiger partial charge in [-0.05, 0) is 17.5 Å². The number of methoxy groups -OCH3 is 2. The number of carbonyl (C=O) groups excluding carboxylic acids is 1. The van der Waals surface area contributed by atoms with Crippen LogP contribution >= 0.6 is 11.3 Å². The molecule has 146 valence electrons. The minimum absolute atomic E-state index is 0.0169. The largest absolute Gasteiger partial charge is 0.481 e. The molecule has 28 heavy (non-hydrogen) atoms. The summed E-state index contributed by atoms with van der Waals surface area (Å²) >= 11 is 1.40. The van der Waals surface area contributed by atoms with Crippen molar-refractivity contribution in [2.24, 2.45) is 0 Å². The maximum absolute atomic E-state index is 12.7. The van der Waals surface area contributed by atoms with Gasteiger partial charge >= 0.3 is 6.03 Å². The van der Waals surface area contributed by atoms with Crippen LogP contribution in [0.15, 0.2) is 52.7 Å². The van der Waals surface area contributed by atoms with Crippen LogP contribution in [0.5, 0.6) is 11.8 Å². The Morgan fingerprint density at radius 2 is 1.71 bits per heavy atom. The number of rotatable bonds is 6. The van der Waals surface area contributed by atoms with E-state index in [0.29, 0.717) is 5.56 Å². The van der Waals surface area contributed by atoms with Crippen molar-refractivity contribution in [3.63, 3.8) is 0 Å². The number of aromatic nitrogens is 2. The van der Waals surface area contributed by atoms with Crippen molar-refractivity contribution in [3.8, 4) is 22.2 Å². The van der Waals surface area contributed by atoms with E-state index in [-0.39, 0.29) is 22.6 Å². The number of amides is 2. The first kappa shape index (κ1) is 19.6. The molecule has 0 bridgehead atoms. The first-order valence-corrected chi connectivity index (χ1v) is 10.2. The van der Waals surface area contributed by atoms with Gasteiger partial charge < -0.3 is 9.47 Å². The molecule has 0 spiro atoms. The van der Waals surface area contributed by atoms with Gasteiger partial charge in [0.1, 0.15) is 0 Å². The molecule has 11 heteroatoms. The Bertz CT molecular complexity index is 1060. The van der Waals surface area contributed by atoms with Gasteiger partial charge in [-0.2, -0.15) is 9.97 Å². The number of anilines is 1. The lowest BCUT2D eigenvalue weighted by molar-refractivity contribution is 0.256. The number of ether oxygens (including phenoxy) is 2. The maximum atomic E-state index is 12.7. The molecule has 2 N–H and O–H groups in total. The van der Waals surface area contributed by atoms with E-state index in [1.54, 1.807) is 24.3 Å². The predicted octanol–water partition coefficient (Wildman–Crippen LogP) is 2.73. The van der Waals surface area contributed by atoms with E-state index in [1.165, 1.54) is 37.7 Å². The zero-order valence-electron chi connectivity index (χ0n) is 14.9. The molecule has 2 heterocycles. The van der Waals surface area contributed by atoms with Gasteiger partial charge in [-0.25, -0.2) is 17.9 Å². The third-order valence-electron chi connectivity index (χ3n) is 3.51. The molecule has 0 saturated heterocycles. The number of benzene rings is 1. The summed E-state index contributed by atoms with van der Waals surface area (Å²) in [6.45, 7) is 0. The van der Waals surface area contributed by atoms with Crippen LogP contribution in [-0.2, 0) is 10.0 Å². The molecule has 0 atom stereocenters. The zero-order valence-corrected chi connectivity index (χ0v) is 16.5. The molecule has 3 rings (SSSR count). The number of hydrogen-bond donors (Lipinski definition) is 2. The van der Waals surface area contributed by atoms with Crippen molar-refractivity contribution < 1.29 is 22.7 Å². The highest BCUT2D eigenvalue weighted by molar-refractivity contribution is 7.90. The lowest BCUT2D eigenvalue weighted by Crippen LogP contribution is -2.35. The minimum Gasteiger partial charge on any atom is -0.481 e. The van der Waals surface area contributed by atoms with E-state index in [4.69, 9.17) is 9.47 Å². The Kier molecular flexibility index (Phi) is 5.76. The van der Waals surface area contributed by atoms with Gasteiger partial charge in [-0.3, -0.25) is 5.32 Å². The molecular weight excluding hydrogens is 404 g/mol. The molecule has 9 nitrogen and oxygen atoms in total. The summed E-state index contributed by atoms with van der Waals surface area (Å²) in [5.74, 6) is 0.122. The molecule has 0 radical (unpaired) electrons. The van der Waals surface area contributed by atoms with Gasteiger partial charge in [0.2, 0.25) is 17.7 Å². The minimum atomic E-state index is -4.14. The SMILES string of the molecule is COc1cc(OC)nc(NC(=O)NS(=O)(=O)c2ccccc2-c2cccs2)n1. The van der Waals surface area contributed by atoms with E-state index < -0.39 is 16.1 Å². The van der Waals surface area contributed by atoms with E-state index >= 15 is 0 Å². The highest BCUT2D eigenvalue weighted by atomic mass is 32.2. The molecule has 2 amide bonds.